The van der Waals surface area contributed by atoms with Crippen molar-refractivity contribution in [1.29, 1.82) is 0 Å². The van der Waals surface area contributed by atoms with E-state index >= 15 is 0 Å². The van der Waals surface area contributed by atoms with Gasteiger partial charge in [-0.25, -0.2) is 9.78 Å². The maximum absolute atomic E-state index is 14.9. The van der Waals surface area contributed by atoms with Gasteiger partial charge in [0.05, 0.1) is 12.4 Å². The highest BCUT2D eigenvalue weighted by Crippen LogP contribution is 2.24. The summed E-state index contributed by atoms with van der Waals surface area (Å²) in [5.74, 6) is -14.4. The molecule has 0 bridgehead atoms. The highest BCUT2D eigenvalue weighted by molar-refractivity contribution is 7.80. The average Bonchev–Trinajstić information content (AvgIpc) is 1.64. The van der Waals surface area contributed by atoms with E-state index in [2.05, 4.69) is 139 Å². The van der Waals surface area contributed by atoms with Crippen molar-refractivity contribution < 1.29 is 72.2 Å². The minimum atomic E-state index is -1.54. The number of carboxylic acids is 1. The topological polar surface area (TPSA) is 736 Å². The molecule has 664 valence electrons. The molecule has 3 rings (SSSR count). The van der Waals surface area contributed by atoms with E-state index in [1.54, 1.807) is 27.7 Å². The Kier molecular flexibility index (Phi) is 47.1. The number of hydrogen-bond donors (Lipinski definition) is 27. The van der Waals surface area contributed by atoms with Crippen LogP contribution in [0.15, 0.2) is 32.5 Å². The second kappa shape index (κ2) is 54.3. The van der Waals surface area contributed by atoms with Crippen molar-refractivity contribution in [3.8, 4) is 0 Å². The fourth-order valence-electron chi connectivity index (χ4n) is 12.7. The van der Waals surface area contributed by atoms with E-state index in [1.807, 2.05) is 0 Å². The number of thiol groups is 4. The van der Waals surface area contributed by atoms with Crippen LogP contribution in [0.2, 0.25) is 0 Å². The zero-order chi connectivity index (χ0) is 88.3. The number of aromatic nitrogens is 2. The van der Waals surface area contributed by atoms with Gasteiger partial charge in [0.1, 0.15) is 78.5 Å². The number of nitrogens with zero attached hydrogens (tertiary/aromatic N) is 7. The number of unbranched alkanes of at least 4 members (excludes halogenated alkanes) is 1. The van der Waals surface area contributed by atoms with Crippen molar-refractivity contribution in [3.05, 3.63) is 18.2 Å². The molecule has 2 saturated heterocycles. The number of aliphatic carboxylic acids is 1. The SMILES string of the molecule is CC(C)C[C@H](NC(=O)[C@H](CCCN=C(N)N)NC(=O)[C@@H]1CCCN1C(=O)[C@H](CCCN=C(N)N)NC(=O)[C@H](CS)NC(=O)[C@H](Cc1cnc[nH]1)NC(=O)[C@H](CCCCN)NC(=O)[C@H](CS)NC(=O)[C@H](CC(C)C)NC(=O)[C@H](CCCN=C(N)N)NC(=O)[C@@H]1CCCN1C(=O)[C@H](CCCN=C(N)N)NC(=O)[C@@H](N)CS)C(=O)N[C@@H](CS)C(=O)O. The largest absolute Gasteiger partial charge is 0.480 e. The van der Waals surface area contributed by atoms with Crippen LogP contribution in [0.3, 0.4) is 0 Å². The Morgan fingerprint density at radius 2 is 0.746 bits per heavy atom. The molecule has 0 spiro atoms. The number of carboxylic acid groups (broad SMARTS) is 1. The average molecular weight is 1740 g/mol. The van der Waals surface area contributed by atoms with Gasteiger partial charge in [-0.05, 0) is 128 Å². The lowest BCUT2D eigenvalue weighted by Crippen LogP contribution is -2.61. The number of hydrogen-bond acceptors (Lipinski definition) is 25. The highest BCUT2D eigenvalue weighted by atomic mass is 32.1. The van der Waals surface area contributed by atoms with Crippen LogP contribution in [0.1, 0.15) is 143 Å². The minimum Gasteiger partial charge on any atom is -0.480 e. The zero-order valence-electron chi connectivity index (χ0n) is 67.3. The van der Waals surface area contributed by atoms with Gasteiger partial charge in [0.15, 0.2) is 23.8 Å². The van der Waals surface area contributed by atoms with Gasteiger partial charge in [-0.1, -0.05) is 27.7 Å². The van der Waals surface area contributed by atoms with Gasteiger partial charge >= 0.3 is 5.97 Å². The zero-order valence-corrected chi connectivity index (χ0v) is 70.8. The molecule has 13 amide bonds. The third-order valence-electron chi connectivity index (χ3n) is 18.8. The summed E-state index contributed by atoms with van der Waals surface area (Å²) in [5, 5.41) is 38.7. The van der Waals surface area contributed by atoms with Gasteiger partial charge in [-0.15, -0.1) is 0 Å². The van der Waals surface area contributed by atoms with E-state index in [4.69, 9.17) is 57.3 Å². The summed E-state index contributed by atoms with van der Waals surface area (Å²) in [4.78, 5) is 223. The number of aliphatic imine (C=N–C) groups is 4. The molecular weight excluding hydrogens is 1620 g/mol. The first-order chi connectivity index (χ1) is 55.9. The number of imidazole rings is 1. The third kappa shape index (κ3) is 37.0. The van der Waals surface area contributed by atoms with Gasteiger partial charge in [-0.3, -0.25) is 82.3 Å². The van der Waals surface area contributed by atoms with Gasteiger partial charge in [0.25, 0.3) is 0 Å². The van der Waals surface area contributed by atoms with Crippen LogP contribution in [0.4, 0.5) is 0 Å². The number of carbonyl (C=O) groups is 14. The second-order valence-electron chi connectivity index (χ2n) is 29.3. The summed E-state index contributed by atoms with van der Waals surface area (Å²) in [7, 11) is 0. The molecular formula is C70H125N29O15S4. The molecule has 0 aliphatic carbocycles. The van der Waals surface area contributed by atoms with E-state index in [1.165, 1.54) is 22.3 Å². The van der Waals surface area contributed by atoms with Crippen molar-refractivity contribution in [2.24, 2.45) is 89.1 Å². The van der Waals surface area contributed by atoms with Crippen molar-refractivity contribution in [2.45, 2.75) is 228 Å². The van der Waals surface area contributed by atoms with Crippen LogP contribution >= 0.6 is 50.5 Å². The van der Waals surface area contributed by atoms with Crippen LogP contribution in [0.5, 0.6) is 0 Å². The maximum Gasteiger partial charge on any atom is 0.327 e. The molecule has 48 heteroatoms. The Labute approximate surface area is 708 Å². The normalized spacial score (nSPS) is 16.8. The molecule has 3 heterocycles. The molecule has 1 aromatic rings. The lowest BCUT2D eigenvalue weighted by Gasteiger charge is -2.31. The number of aromatic amines is 1. The number of nitrogens with two attached hydrogens (primary N) is 10. The fourth-order valence-corrected chi connectivity index (χ4v) is 13.6. The van der Waals surface area contributed by atoms with Crippen molar-refractivity contribution in [2.75, 3.05) is 68.8 Å². The summed E-state index contributed by atoms with van der Waals surface area (Å²) in [6.45, 7) is 7.54. The number of rotatable bonds is 55. The lowest BCUT2D eigenvalue weighted by atomic mass is 10.0. The summed E-state index contributed by atoms with van der Waals surface area (Å²) in [6, 6.07) is -18.7. The van der Waals surface area contributed by atoms with Gasteiger partial charge in [-0.2, -0.15) is 50.5 Å². The van der Waals surface area contributed by atoms with E-state index in [0.29, 0.717) is 18.5 Å². The molecule has 0 unspecified atom stereocenters. The Morgan fingerprint density at radius 3 is 1.09 bits per heavy atom. The minimum absolute atomic E-state index is 0.000581. The molecule has 44 nitrogen and oxygen atoms in total. The smallest absolute Gasteiger partial charge is 0.327 e. The fraction of sp³-hybridized carbons (Fsp3) is 0.700. The number of carbonyl (C=O) groups excluding carboxylic acids is 13. The van der Waals surface area contributed by atoms with Crippen LogP contribution in [-0.2, 0) is 73.5 Å². The first-order valence-electron chi connectivity index (χ1n) is 39.2. The molecule has 2 aliphatic heterocycles. The number of nitrogens with one attached hydrogen (secondary N) is 12. The lowest BCUT2D eigenvalue weighted by molar-refractivity contribution is -0.143. The number of amides is 13. The van der Waals surface area contributed by atoms with Crippen molar-refractivity contribution >= 4 is 157 Å². The van der Waals surface area contributed by atoms with Crippen LogP contribution in [0, 0.1) is 11.8 Å². The van der Waals surface area contributed by atoms with Crippen LogP contribution in [0.25, 0.3) is 0 Å². The molecule has 0 saturated carbocycles. The number of H-pyrrole nitrogens is 1. The first kappa shape index (κ1) is 102. The summed E-state index contributed by atoms with van der Waals surface area (Å²) >= 11 is 16.9. The Morgan fingerprint density at radius 1 is 0.432 bits per heavy atom. The van der Waals surface area contributed by atoms with Crippen LogP contribution < -0.4 is 116 Å². The molecule has 118 heavy (non-hydrogen) atoms. The quantitative estimate of drug-likeness (QED) is 0.0125. The standard InChI is InChI=1S/C70H125N29O15S4/c1-36(2)27-45(92-55(102)41(14-7-21-82-67(73)74)88-62(109)51-18-11-25-98(51)64(111)43(16-9-23-84-69(77)78)90-53(100)39(72)31-115)57(104)95-48(32-116)60(107)87-40(13-5-6-20-71)54(101)94-47(29-38-30-81-35-86-38)59(106)96-49(33-117)61(108)91-44(17-10-24-85-70(79)80)65(112)99-26-12-19-52(99)63(110)89-42(15-8-22-83-68(75)76)56(103)93-46(28-37(3)4)58(105)97-50(34-118)66(113)114/h30,35-37,39-52,115-118H,5-29,31-34,71-72H2,1-4H3,(H,81,86)(H,87,107)(H,88,109)(H,89,110)(H,90,100)(H,91,108)(H,92,102)(H,93,103)(H,94,101)(H,95,104)(H,96,106)(H,97,105)(H,113,114)(H4,73,74,82)(H4,75,76,83)(H4,77,78,84)(H4,79,80,85)/t39-,40-,41-,42-,43-,44-,45-,46-,47-,48-,49-,50-,51-,52-/m0/s1. The molecule has 14 atom stereocenters. The molecule has 1 aromatic heterocycles. The molecule has 33 N–H and O–H groups in total. The maximum atomic E-state index is 14.9. The second-order valence-corrected chi connectivity index (χ2v) is 30.8. The van der Waals surface area contributed by atoms with E-state index in [0.717, 1.165) is 0 Å². The third-order valence-corrected chi connectivity index (χ3v) is 20.3. The Balaban J connectivity index is 1.94. The predicted molar refractivity (Wildman–Crippen MR) is 455 cm³/mol. The van der Waals surface area contributed by atoms with E-state index in [-0.39, 0.29) is 201 Å². The molecule has 0 aromatic carbocycles. The van der Waals surface area contributed by atoms with Crippen LogP contribution in [-0.4, -0.2) is 285 Å². The Bertz CT molecular complexity index is 3590. The first-order valence-corrected chi connectivity index (χ1v) is 41.7. The van der Waals surface area contributed by atoms with Crippen molar-refractivity contribution in [1.82, 2.24) is 78.3 Å². The molecule has 2 aliphatic rings. The molecule has 2 fully saturated rings. The summed E-state index contributed by atoms with van der Waals surface area (Å²) in [6.07, 6.45) is 4.35. The highest BCUT2D eigenvalue weighted by Gasteiger charge is 2.43. The van der Waals surface area contributed by atoms with Gasteiger partial charge < -0.3 is 136 Å². The molecule has 0 radical (unpaired) electrons. The van der Waals surface area contributed by atoms with E-state index in [9.17, 15) is 72.2 Å². The summed E-state index contributed by atoms with van der Waals surface area (Å²) < 4.78 is 0. The Hall–Kier alpha value is -9.81. The number of likely N-dealkylation sites (tertiary alicyclic amines) is 2. The predicted octanol–water partition coefficient (Wildman–Crippen LogP) is -8.17. The van der Waals surface area contributed by atoms with Crippen molar-refractivity contribution in [3.63, 3.8) is 0 Å². The van der Waals surface area contributed by atoms with Gasteiger partial charge in [0, 0.05) is 80.6 Å². The monoisotopic (exact) mass is 1740 g/mol. The van der Waals surface area contributed by atoms with E-state index < -0.39 is 173 Å². The van der Waals surface area contributed by atoms with Gasteiger partial charge in [0.2, 0.25) is 76.8 Å². The number of guanidine groups is 4. The summed E-state index contributed by atoms with van der Waals surface area (Å²) in [5.41, 5.74) is 56.6.